The summed E-state index contributed by atoms with van der Waals surface area (Å²) in [6.45, 7) is 9.81. The van der Waals surface area contributed by atoms with Crippen LogP contribution in [-0.4, -0.2) is 49.5 Å². The summed E-state index contributed by atoms with van der Waals surface area (Å²) in [5.74, 6) is 1.58. The van der Waals surface area contributed by atoms with Gasteiger partial charge < -0.3 is 4.55 Å². The summed E-state index contributed by atoms with van der Waals surface area (Å²) in [6.07, 6.45) is 41.3. The van der Waals surface area contributed by atoms with Crippen molar-refractivity contribution >= 4 is 16.0 Å². The van der Waals surface area contributed by atoms with E-state index < -0.39 is 10.1 Å². The standard InChI is InChI=1S/C25H49N2.C18H30O3S/c1-2-3-4-5-6-7-8-9-10-11-12-13-14-17-22-27-23-18-15-16-20-25(27)26-21-19-24-27;1-2-3-4-5-6-7-8-9-10-11-12-17-13-15-18(16-14-17)22(19,20)21/h2-24H2,1H3;13-16H,2-12H2,1H3,(H,19,20,21)/q+1;/p-1. The highest BCUT2D eigenvalue weighted by molar-refractivity contribution is 7.85. The lowest BCUT2D eigenvalue weighted by atomic mass is 10.0. The van der Waals surface area contributed by atoms with E-state index in [1.54, 1.807) is 18.0 Å². The summed E-state index contributed by atoms with van der Waals surface area (Å²) in [5.41, 5.74) is 1.10. The molecule has 1 aromatic carbocycles. The van der Waals surface area contributed by atoms with Crippen molar-refractivity contribution in [3.8, 4) is 0 Å². The number of hydrogen-bond acceptors (Lipinski definition) is 4. The van der Waals surface area contributed by atoms with Gasteiger partial charge in [-0.15, -0.1) is 0 Å². The lowest BCUT2D eigenvalue weighted by molar-refractivity contribution is -0.845. The van der Waals surface area contributed by atoms with Crippen molar-refractivity contribution in [3.63, 3.8) is 0 Å². The van der Waals surface area contributed by atoms with Gasteiger partial charge in [0.15, 0.2) is 5.84 Å². The van der Waals surface area contributed by atoms with Gasteiger partial charge in [-0.1, -0.05) is 161 Å². The molecular formula is C43H78N2O3S. The lowest BCUT2D eigenvalue weighted by Crippen LogP contribution is -2.55. The summed E-state index contributed by atoms with van der Waals surface area (Å²) in [6, 6.07) is 6.32. The smallest absolute Gasteiger partial charge is 0.198 e. The van der Waals surface area contributed by atoms with Crippen molar-refractivity contribution in [3.05, 3.63) is 29.8 Å². The third-order valence-electron chi connectivity index (χ3n) is 11.0. The van der Waals surface area contributed by atoms with E-state index in [0.717, 1.165) is 24.9 Å². The molecule has 1 saturated heterocycles. The van der Waals surface area contributed by atoms with Crippen molar-refractivity contribution in [1.29, 1.82) is 0 Å². The summed E-state index contributed by atoms with van der Waals surface area (Å²) in [4.78, 5) is 4.82. The van der Waals surface area contributed by atoms with Crippen LogP contribution >= 0.6 is 0 Å². The predicted molar refractivity (Wildman–Crippen MR) is 211 cm³/mol. The van der Waals surface area contributed by atoms with E-state index in [9.17, 15) is 13.0 Å². The second kappa shape index (κ2) is 28.4. The van der Waals surface area contributed by atoms with Gasteiger partial charge in [-0.25, -0.2) is 13.4 Å². The highest BCUT2D eigenvalue weighted by atomic mass is 32.2. The first kappa shape index (κ1) is 43.9. The SMILES string of the molecule is CCCCCCCCCCCCCCCC[N+]12CCCCCC1=NCCC2.CCCCCCCCCCCCc1ccc(S(=O)(=O)[O-])cc1. The third kappa shape index (κ3) is 21.0. The number of benzene rings is 1. The van der Waals surface area contributed by atoms with Gasteiger partial charge in [-0.05, 0) is 62.6 Å². The molecule has 0 radical (unpaired) electrons. The van der Waals surface area contributed by atoms with Crippen LogP contribution in [0.4, 0.5) is 0 Å². The summed E-state index contributed by atoms with van der Waals surface area (Å²) in [5, 5.41) is 0. The molecule has 0 aliphatic carbocycles. The van der Waals surface area contributed by atoms with E-state index in [-0.39, 0.29) is 4.90 Å². The molecule has 2 aliphatic heterocycles. The van der Waals surface area contributed by atoms with Crippen molar-refractivity contribution in [2.45, 2.75) is 211 Å². The second-order valence-electron chi connectivity index (χ2n) is 15.4. The fourth-order valence-corrected chi connectivity index (χ4v) is 8.36. The first-order valence-corrected chi connectivity index (χ1v) is 22.8. The zero-order valence-corrected chi connectivity index (χ0v) is 33.2. The number of aryl methyl sites for hydroxylation is 1. The Morgan fingerprint density at radius 1 is 0.571 bits per heavy atom. The molecule has 1 fully saturated rings. The molecule has 1 unspecified atom stereocenters. The molecule has 0 N–H and O–H groups in total. The van der Waals surface area contributed by atoms with Gasteiger partial charge in [0, 0.05) is 19.4 Å². The Bertz CT molecular complexity index is 1060. The molecule has 49 heavy (non-hydrogen) atoms. The van der Waals surface area contributed by atoms with Crippen LogP contribution in [0.25, 0.3) is 0 Å². The highest BCUT2D eigenvalue weighted by Gasteiger charge is 2.36. The second-order valence-corrected chi connectivity index (χ2v) is 16.8. The minimum absolute atomic E-state index is 0.140. The Balaban J connectivity index is 0.000000348. The fourth-order valence-electron chi connectivity index (χ4n) is 7.89. The van der Waals surface area contributed by atoms with Gasteiger partial charge in [0.05, 0.1) is 24.5 Å². The topological polar surface area (TPSA) is 69.6 Å². The van der Waals surface area contributed by atoms with Crippen LogP contribution in [0.5, 0.6) is 0 Å². The molecule has 1 atom stereocenters. The molecule has 6 heteroatoms. The molecule has 5 nitrogen and oxygen atoms in total. The number of fused-ring (bicyclic) bond motifs is 1. The number of rotatable bonds is 27. The predicted octanol–water partition coefficient (Wildman–Crippen LogP) is 12.7. The van der Waals surface area contributed by atoms with Gasteiger partial charge >= 0.3 is 0 Å². The van der Waals surface area contributed by atoms with Crippen LogP contribution in [0.15, 0.2) is 34.2 Å². The lowest BCUT2D eigenvalue weighted by Gasteiger charge is -2.40. The Morgan fingerprint density at radius 3 is 1.51 bits per heavy atom. The zero-order valence-electron chi connectivity index (χ0n) is 32.4. The van der Waals surface area contributed by atoms with Crippen molar-refractivity contribution in [1.82, 2.24) is 0 Å². The van der Waals surface area contributed by atoms with Crippen molar-refractivity contribution in [2.75, 3.05) is 26.2 Å². The van der Waals surface area contributed by atoms with Crippen LogP contribution < -0.4 is 0 Å². The number of nitrogens with zero attached hydrogens (tertiary/aromatic N) is 2. The van der Waals surface area contributed by atoms with E-state index >= 15 is 0 Å². The van der Waals surface area contributed by atoms with Crippen LogP contribution in [0, 0.1) is 0 Å². The van der Waals surface area contributed by atoms with Gasteiger partial charge in [-0.3, -0.25) is 4.48 Å². The number of aliphatic imine (C=N–C) groups is 1. The monoisotopic (exact) mass is 703 g/mol. The maximum Gasteiger partial charge on any atom is 0.198 e. The molecule has 0 amide bonds. The van der Waals surface area contributed by atoms with E-state index in [1.165, 1.54) is 216 Å². The Kier molecular flexibility index (Phi) is 25.4. The van der Waals surface area contributed by atoms with Gasteiger partial charge in [0.1, 0.15) is 10.1 Å². The number of amidine groups is 1. The van der Waals surface area contributed by atoms with Crippen molar-refractivity contribution in [2.24, 2.45) is 4.99 Å². The maximum atomic E-state index is 10.8. The minimum atomic E-state index is -4.31. The van der Waals surface area contributed by atoms with Crippen LogP contribution in [0.3, 0.4) is 0 Å². The Labute approximate surface area is 304 Å². The summed E-state index contributed by atoms with van der Waals surface area (Å²) < 4.78 is 33.8. The maximum absolute atomic E-state index is 10.8. The quantitative estimate of drug-likeness (QED) is 0.0520. The van der Waals surface area contributed by atoms with E-state index in [0.29, 0.717) is 0 Å². The molecule has 284 valence electrons. The average molecular weight is 703 g/mol. The van der Waals surface area contributed by atoms with Gasteiger partial charge in [-0.2, -0.15) is 0 Å². The average Bonchev–Trinajstić information content (AvgIpc) is 3.32. The van der Waals surface area contributed by atoms with E-state index in [4.69, 9.17) is 4.99 Å². The molecule has 3 rings (SSSR count). The summed E-state index contributed by atoms with van der Waals surface area (Å²) >= 11 is 0. The first-order chi connectivity index (χ1) is 23.9. The van der Waals surface area contributed by atoms with Crippen molar-refractivity contribution < 1.29 is 17.5 Å². The molecule has 0 bridgehead atoms. The normalized spacial score (nSPS) is 17.9. The molecule has 2 heterocycles. The Morgan fingerprint density at radius 2 is 1.02 bits per heavy atom. The van der Waals surface area contributed by atoms with Gasteiger partial charge in [0.25, 0.3) is 0 Å². The zero-order chi connectivity index (χ0) is 35.3. The third-order valence-corrected chi connectivity index (χ3v) is 11.9. The number of hydrogen-bond donors (Lipinski definition) is 0. The molecule has 1 aromatic rings. The van der Waals surface area contributed by atoms with E-state index in [1.807, 2.05) is 0 Å². The summed E-state index contributed by atoms with van der Waals surface area (Å²) in [7, 11) is -4.31. The molecule has 0 saturated carbocycles. The Hall–Kier alpha value is -1.24. The molecule has 0 aromatic heterocycles. The van der Waals surface area contributed by atoms with Crippen LogP contribution in [0.1, 0.15) is 206 Å². The van der Waals surface area contributed by atoms with Crippen LogP contribution in [-0.2, 0) is 16.5 Å². The van der Waals surface area contributed by atoms with E-state index in [2.05, 4.69) is 13.8 Å². The fraction of sp³-hybridized carbons (Fsp3) is 0.837. The number of unbranched alkanes of at least 4 members (excludes halogenated alkanes) is 22. The number of quaternary nitrogens is 1. The highest BCUT2D eigenvalue weighted by Crippen LogP contribution is 2.26. The molecule has 2 aliphatic rings. The molecular weight excluding hydrogens is 625 g/mol. The van der Waals surface area contributed by atoms with Gasteiger partial charge in [0.2, 0.25) is 0 Å². The minimum Gasteiger partial charge on any atom is -0.744 e. The first-order valence-electron chi connectivity index (χ1n) is 21.4. The van der Waals surface area contributed by atoms with Crippen LogP contribution in [0.2, 0.25) is 0 Å². The largest absolute Gasteiger partial charge is 0.744 e. The molecule has 0 spiro atoms.